The number of nitrogens with one attached hydrogen (secondary N) is 2. The van der Waals surface area contributed by atoms with Crippen LogP contribution in [-0.2, 0) is 12.0 Å². The van der Waals surface area contributed by atoms with Crippen molar-refractivity contribution >= 4 is 11.8 Å². The molecule has 0 bridgehead atoms. The number of anilines is 1. The highest BCUT2D eigenvalue weighted by Crippen LogP contribution is 2.38. The van der Waals surface area contributed by atoms with Crippen LogP contribution in [0.1, 0.15) is 16.7 Å². The largest absolute Gasteiger partial charge is 0.461 e. The maximum atomic E-state index is 14.8. The standard InChI is InChI=1S/C26H19F6N3O3/c27-19-8-6-17(7-9-19)25(15-16-4-2-1-3-5-16,34-24(36)33-22-10-11-37-35-22)18-12-20(28)14-21(13-18)38-26(31,32)23(29)30/h1-14,23H,15H2,(H2,33,34,35,36). The molecular weight excluding hydrogens is 516 g/mol. The lowest BCUT2D eigenvalue weighted by molar-refractivity contribution is -0.253. The van der Waals surface area contributed by atoms with Crippen LogP contribution in [0, 0.1) is 11.6 Å². The molecule has 1 aromatic heterocycles. The Bertz CT molecular complexity index is 1370. The number of benzene rings is 3. The zero-order valence-corrected chi connectivity index (χ0v) is 19.3. The molecule has 38 heavy (non-hydrogen) atoms. The number of urea groups is 1. The van der Waals surface area contributed by atoms with Gasteiger partial charge in [-0.25, -0.2) is 13.6 Å². The molecule has 0 saturated carbocycles. The Hall–Kier alpha value is -4.48. The van der Waals surface area contributed by atoms with Crippen LogP contribution in [0.5, 0.6) is 5.75 Å². The summed E-state index contributed by atoms with van der Waals surface area (Å²) in [7, 11) is 0. The summed E-state index contributed by atoms with van der Waals surface area (Å²) in [5, 5.41) is 8.70. The van der Waals surface area contributed by atoms with Gasteiger partial charge in [0.1, 0.15) is 23.6 Å². The molecule has 198 valence electrons. The third kappa shape index (κ3) is 6.07. The lowest BCUT2D eigenvalue weighted by atomic mass is 9.77. The average Bonchev–Trinajstić information content (AvgIpc) is 3.37. The predicted molar refractivity (Wildman–Crippen MR) is 124 cm³/mol. The van der Waals surface area contributed by atoms with Gasteiger partial charge in [0.25, 0.3) is 0 Å². The van der Waals surface area contributed by atoms with Crippen LogP contribution in [0.15, 0.2) is 89.6 Å². The Kier molecular flexibility index (Phi) is 7.60. The van der Waals surface area contributed by atoms with Gasteiger partial charge in [-0.1, -0.05) is 47.6 Å². The number of carbonyl (C=O) groups is 1. The zero-order chi connectivity index (χ0) is 27.3. The molecule has 6 nitrogen and oxygen atoms in total. The van der Waals surface area contributed by atoms with Gasteiger partial charge in [0.15, 0.2) is 5.82 Å². The third-order valence-electron chi connectivity index (χ3n) is 5.53. The first kappa shape index (κ1) is 26.6. The number of rotatable bonds is 9. The summed E-state index contributed by atoms with van der Waals surface area (Å²) in [5.74, 6) is -2.62. The molecule has 0 fully saturated rings. The van der Waals surface area contributed by atoms with E-state index in [0.29, 0.717) is 11.6 Å². The van der Waals surface area contributed by atoms with Gasteiger partial charge < -0.3 is 14.6 Å². The highest BCUT2D eigenvalue weighted by molar-refractivity contribution is 5.89. The van der Waals surface area contributed by atoms with E-state index in [2.05, 4.69) is 25.1 Å². The monoisotopic (exact) mass is 535 g/mol. The SMILES string of the molecule is O=C(Nc1ccon1)NC(Cc1ccccc1)(c1ccc(F)cc1)c1cc(F)cc(OC(F)(F)C(F)F)c1. The van der Waals surface area contributed by atoms with Crippen LogP contribution in [0.25, 0.3) is 0 Å². The Morgan fingerprint density at radius 1 is 0.921 bits per heavy atom. The van der Waals surface area contributed by atoms with Gasteiger partial charge >= 0.3 is 18.6 Å². The minimum absolute atomic E-state index is 0.0232. The van der Waals surface area contributed by atoms with Gasteiger partial charge in [-0.3, -0.25) is 5.32 Å². The van der Waals surface area contributed by atoms with Gasteiger partial charge in [0.2, 0.25) is 0 Å². The fourth-order valence-electron chi connectivity index (χ4n) is 3.88. The summed E-state index contributed by atoms with van der Waals surface area (Å²) in [6, 6.07) is 16.1. The Morgan fingerprint density at radius 2 is 1.63 bits per heavy atom. The van der Waals surface area contributed by atoms with E-state index < -0.39 is 41.5 Å². The topological polar surface area (TPSA) is 76.4 Å². The van der Waals surface area contributed by atoms with Crippen molar-refractivity contribution in [3.8, 4) is 5.75 Å². The number of nitrogens with zero attached hydrogens (tertiary/aromatic N) is 1. The number of hydrogen-bond donors (Lipinski definition) is 2. The Balaban J connectivity index is 1.89. The zero-order valence-electron chi connectivity index (χ0n) is 19.3. The lowest BCUT2D eigenvalue weighted by Gasteiger charge is -2.36. The van der Waals surface area contributed by atoms with Gasteiger partial charge in [-0.2, -0.15) is 17.6 Å². The van der Waals surface area contributed by atoms with E-state index in [1.807, 2.05) is 0 Å². The second-order valence-electron chi connectivity index (χ2n) is 8.18. The van der Waals surface area contributed by atoms with E-state index >= 15 is 0 Å². The lowest BCUT2D eigenvalue weighted by Crippen LogP contribution is -2.50. The van der Waals surface area contributed by atoms with Crippen LogP contribution >= 0.6 is 0 Å². The summed E-state index contributed by atoms with van der Waals surface area (Å²) in [6.07, 6.45) is -8.00. The van der Waals surface area contributed by atoms with Gasteiger partial charge in [-0.05, 0) is 41.0 Å². The van der Waals surface area contributed by atoms with Crippen LogP contribution in [0.2, 0.25) is 0 Å². The minimum atomic E-state index is -4.92. The van der Waals surface area contributed by atoms with E-state index in [4.69, 9.17) is 0 Å². The highest BCUT2D eigenvalue weighted by Gasteiger charge is 2.45. The molecule has 1 atom stereocenters. The van der Waals surface area contributed by atoms with Crippen molar-refractivity contribution in [1.82, 2.24) is 10.5 Å². The fourth-order valence-corrected chi connectivity index (χ4v) is 3.88. The van der Waals surface area contributed by atoms with E-state index in [9.17, 15) is 31.1 Å². The number of alkyl halides is 4. The number of hydrogen-bond acceptors (Lipinski definition) is 4. The van der Waals surface area contributed by atoms with E-state index in [0.717, 1.165) is 24.3 Å². The highest BCUT2D eigenvalue weighted by atomic mass is 19.3. The molecule has 0 aliphatic rings. The van der Waals surface area contributed by atoms with Crippen molar-refractivity contribution in [3.05, 3.63) is 113 Å². The second-order valence-corrected chi connectivity index (χ2v) is 8.18. The first-order chi connectivity index (χ1) is 18.1. The van der Waals surface area contributed by atoms with Crippen LogP contribution in [0.3, 0.4) is 0 Å². The molecule has 0 aliphatic heterocycles. The molecule has 0 spiro atoms. The average molecular weight is 535 g/mol. The third-order valence-corrected chi connectivity index (χ3v) is 5.53. The maximum Gasteiger partial charge on any atom is 0.461 e. The molecule has 2 amide bonds. The van der Waals surface area contributed by atoms with E-state index in [1.165, 1.54) is 24.5 Å². The van der Waals surface area contributed by atoms with Gasteiger partial charge in [0, 0.05) is 18.6 Å². The first-order valence-electron chi connectivity index (χ1n) is 11.0. The molecule has 0 radical (unpaired) electrons. The number of aromatic nitrogens is 1. The molecule has 2 N–H and O–H groups in total. The summed E-state index contributed by atoms with van der Waals surface area (Å²) < 4.78 is 90.4. The maximum absolute atomic E-state index is 14.8. The van der Waals surface area contributed by atoms with Gasteiger partial charge in [-0.15, -0.1) is 0 Å². The number of ether oxygens (including phenoxy) is 1. The Labute approximate surface area is 212 Å². The molecule has 12 heteroatoms. The van der Waals surface area contributed by atoms with Crippen molar-refractivity contribution in [3.63, 3.8) is 0 Å². The molecule has 1 unspecified atom stereocenters. The minimum Gasteiger partial charge on any atom is -0.428 e. The number of halogens is 6. The molecule has 0 aliphatic carbocycles. The molecule has 4 aromatic rings. The molecule has 1 heterocycles. The fraction of sp³-hybridized carbons (Fsp3) is 0.154. The molecule has 4 rings (SSSR count). The van der Waals surface area contributed by atoms with Crippen molar-refractivity contribution in [2.75, 3.05) is 5.32 Å². The summed E-state index contributed by atoms with van der Waals surface area (Å²) >= 11 is 0. The van der Waals surface area contributed by atoms with Crippen molar-refractivity contribution in [2.24, 2.45) is 0 Å². The molecule has 0 saturated heterocycles. The summed E-state index contributed by atoms with van der Waals surface area (Å²) in [6.45, 7) is 0. The molecule has 3 aromatic carbocycles. The number of amides is 2. The second kappa shape index (κ2) is 10.9. The van der Waals surface area contributed by atoms with Crippen LogP contribution in [-0.4, -0.2) is 23.7 Å². The quantitative estimate of drug-likeness (QED) is 0.240. The molecular formula is C26H19F6N3O3. The van der Waals surface area contributed by atoms with E-state index in [1.54, 1.807) is 30.3 Å². The van der Waals surface area contributed by atoms with Gasteiger partial charge in [0.05, 0.1) is 5.54 Å². The van der Waals surface area contributed by atoms with Crippen LogP contribution < -0.4 is 15.4 Å². The number of carbonyl (C=O) groups excluding carboxylic acids is 1. The summed E-state index contributed by atoms with van der Waals surface area (Å²) in [5.41, 5.74) is -1.08. The van der Waals surface area contributed by atoms with E-state index in [-0.39, 0.29) is 23.4 Å². The first-order valence-corrected chi connectivity index (χ1v) is 11.0. The van der Waals surface area contributed by atoms with Crippen LogP contribution in [0.4, 0.5) is 37.0 Å². The van der Waals surface area contributed by atoms with Crippen molar-refractivity contribution < 1.29 is 40.4 Å². The Morgan fingerprint density at radius 3 is 2.26 bits per heavy atom. The van der Waals surface area contributed by atoms with Crippen molar-refractivity contribution in [2.45, 2.75) is 24.5 Å². The normalized spacial score (nSPS) is 13.1. The smallest absolute Gasteiger partial charge is 0.428 e. The predicted octanol–water partition coefficient (Wildman–Crippen LogP) is 6.50. The van der Waals surface area contributed by atoms with Crippen molar-refractivity contribution in [1.29, 1.82) is 0 Å². The summed E-state index contributed by atoms with van der Waals surface area (Å²) in [4.78, 5) is 13.1.